The third-order valence-corrected chi connectivity index (χ3v) is 11.1. The summed E-state index contributed by atoms with van der Waals surface area (Å²) in [7, 11) is 0. The molecule has 2 nitrogen and oxygen atoms in total. The largest absolute Gasteiger partial charge is 0.455 e. The lowest BCUT2D eigenvalue weighted by atomic mass is 9.82. The van der Waals surface area contributed by atoms with Crippen LogP contribution in [0, 0.1) is 0 Å². The number of rotatable bonds is 5. The van der Waals surface area contributed by atoms with E-state index < -0.39 is 0 Å². The van der Waals surface area contributed by atoms with Crippen LogP contribution in [0.2, 0.25) is 0 Å². The second-order valence-corrected chi connectivity index (χ2v) is 14.4. The molecule has 2 aliphatic rings. The van der Waals surface area contributed by atoms with Gasteiger partial charge in [0.1, 0.15) is 11.2 Å². The zero-order valence-corrected chi connectivity index (χ0v) is 28.9. The Kier molecular flexibility index (Phi) is 6.69. The number of hydrogen-bond donors (Lipinski definition) is 0. The topological polar surface area (TPSA) is 16.4 Å². The van der Waals surface area contributed by atoms with Gasteiger partial charge in [0.2, 0.25) is 0 Å². The molecule has 8 aromatic rings. The van der Waals surface area contributed by atoms with Crippen LogP contribution in [-0.2, 0) is 11.8 Å². The second kappa shape index (κ2) is 11.5. The fourth-order valence-corrected chi connectivity index (χ4v) is 8.56. The summed E-state index contributed by atoms with van der Waals surface area (Å²) in [6.45, 7) is 4.69. The minimum absolute atomic E-state index is 0.0860. The molecule has 10 rings (SSSR count). The Bertz CT molecular complexity index is 2640. The van der Waals surface area contributed by atoms with Crippen molar-refractivity contribution in [3.8, 4) is 33.4 Å². The first-order chi connectivity index (χ1) is 25.0. The highest BCUT2D eigenvalue weighted by atomic mass is 16.3. The van der Waals surface area contributed by atoms with Gasteiger partial charge in [-0.05, 0) is 111 Å². The number of anilines is 3. The summed E-state index contributed by atoms with van der Waals surface area (Å²) in [6, 6.07) is 55.3. The molecule has 0 amide bonds. The Hall–Kier alpha value is -6.12. The van der Waals surface area contributed by atoms with Crippen molar-refractivity contribution < 1.29 is 4.42 Å². The molecule has 0 bridgehead atoms. The van der Waals surface area contributed by atoms with Crippen molar-refractivity contribution in [1.29, 1.82) is 0 Å². The van der Waals surface area contributed by atoms with E-state index in [-0.39, 0.29) is 5.41 Å². The van der Waals surface area contributed by atoms with E-state index in [1.807, 2.05) is 0 Å². The van der Waals surface area contributed by atoms with Gasteiger partial charge in [0.15, 0.2) is 0 Å². The number of hydrogen-bond acceptors (Lipinski definition) is 2. The Morgan fingerprint density at radius 2 is 1.20 bits per heavy atom. The lowest BCUT2D eigenvalue weighted by molar-refractivity contribution is 0.660. The molecule has 0 fully saturated rings. The Balaban J connectivity index is 1.14. The van der Waals surface area contributed by atoms with Gasteiger partial charge in [-0.25, -0.2) is 0 Å². The number of benzene rings is 7. The fraction of sp³-hybridized carbons (Fsp3) is 0.102. The van der Waals surface area contributed by atoms with Crippen LogP contribution in [-0.4, -0.2) is 0 Å². The maximum atomic E-state index is 6.72. The first-order valence-corrected chi connectivity index (χ1v) is 18.0. The molecule has 0 spiro atoms. The fourth-order valence-electron chi connectivity index (χ4n) is 8.56. The van der Waals surface area contributed by atoms with Crippen molar-refractivity contribution in [3.05, 3.63) is 180 Å². The molecule has 0 saturated carbocycles. The monoisotopic (exact) mass is 655 g/mol. The van der Waals surface area contributed by atoms with Gasteiger partial charge in [0.05, 0.1) is 0 Å². The molecule has 244 valence electrons. The van der Waals surface area contributed by atoms with Crippen LogP contribution in [0.5, 0.6) is 0 Å². The highest BCUT2D eigenvalue weighted by molar-refractivity contribution is 6.11. The molecule has 2 aliphatic carbocycles. The molecule has 0 aliphatic heterocycles. The third kappa shape index (κ3) is 4.71. The zero-order chi connectivity index (χ0) is 34.1. The van der Waals surface area contributed by atoms with Crippen molar-refractivity contribution in [3.63, 3.8) is 0 Å². The minimum Gasteiger partial charge on any atom is -0.455 e. The maximum Gasteiger partial charge on any atom is 0.142 e. The van der Waals surface area contributed by atoms with Crippen LogP contribution in [0.3, 0.4) is 0 Å². The number of furan rings is 1. The summed E-state index contributed by atoms with van der Waals surface area (Å²) < 4.78 is 6.72. The Labute approximate surface area is 298 Å². The van der Waals surface area contributed by atoms with Gasteiger partial charge < -0.3 is 9.32 Å². The van der Waals surface area contributed by atoms with Gasteiger partial charge >= 0.3 is 0 Å². The van der Waals surface area contributed by atoms with Crippen LogP contribution in [0.4, 0.5) is 17.1 Å². The smallest absolute Gasteiger partial charge is 0.142 e. The van der Waals surface area contributed by atoms with Gasteiger partial charge in [-0.15, -0.1) is 0 Å². The lowest BCUT2D eigenvalue weighted by Crippen LogP contribution is -2.16. The summed E-state index contributed by atoms with van der Waals surface area (Å²) in [5, 5.41) is 2.28. The van der Waals surface area contributed by atoms with E-state index in [9.17, 15) is 0 Å². The van der Waals surface area contributed by atoms with Crippen LogP contribution < -0.4 is 4.90 Å². The summed E-state index contributed by atoms with van der Waals surface area (Å²) in [4.78, 5) is 2.39. The van der Waals surface area contributed by atoms with Gasteiger partial charge in [-0.1, -0.05) is 129 Å². The molecule has 7 aromatic carbocycles. The lowest BCUT2D eigenvalue weighted by Gasteiger charge is -2.28. The van der Waals surface area contributed by atoms with Crippen molar-refractivity contribution in [2.24, 2.45) is 0 Å². The van der Waals surface area contributed by atoms with Crippen LogP contribution in [0.25, 0.3) is 61.4 Å². The quantitative estimate of drug-likeness (QED) is 0.183. The number of nitrogens with zero attached hydrogens (tertiary/aromatic N) is 1. The standard InChI is InChI=1S/C49H37NO/c1-49(2)45-20-12-11-18-39(45)40-27-25-37(30-46(40)49)50(35-15-7-4-8-16-35)36-26-28-47-43(29-36)44-31-42(38-17-9-10-19-41(38)48(44)51-47)34-23-21-33(22-24-34)32-13-5-3-6-14-32/h3-8,10-16,18-31H,9,17H2,1-2H3. The van der Waals surface area contributed by atoms with E-state index in [2.05, 4.69) is 183 Å². The highest BCUT2D eigenvalue weighted by Gasteiger charge is 2.35. The minimum atomic E-state index is -0.0860. The van der Waals surface area contributed by atoms with E-state index in [4.69, 9.17) is 4.42 Å². The average molecular weight is 656 g/mol. The van der Waals surface area contributed by atoms with Gasteiger partial charge in [-0.3, -0.25) is 0 Å². The molecule has 1 aromatic heterocycles. The number of fused-ring (bicyclic) bond motifs is 8. The van der Waals surface area contributed by atoms with Gasteiger partial charge in [0, 0.05) is 38.8 Å². The van der Waals surface area contributed by atoms with E-state index in [0.717, 1.165) is 51.8 Å². The predicted molar refractivity (Wildman–Crippen MR) is 214 cm³/mol. The molecule has 0 atom stereocenters. The maximum absolute atomic E-state index is 6.72. The normalized spacial score (nSPS) is 14.0. The molecular weight excluding hydrogens is 619 g/mol. The summed E-state index contributed by atoms with van der Waals surface area (Å²) in [5.41, 5.74) is 18.1. The summed E-state index contributed by atoms with van der Waals surface area (Å²) in [5.74, 6) is 0. The first-order valence-electron chi connectivity index (χ1n) is 18.0. The van der Waals surface area contributed by atoms with E-state index in [1.54, 1.807) is 0 Å². The van der Waals surface area contributed by atoms with Gasteiger partial charge in [0.25, 0.3) is 0 Å². The third-order valence-electron chi connectivity index (χ3n) is 11.1. The van der Waals surface area contributed by atoms with Crippen LogP contribution in [0.15, 0.2) is 162 Å². The average Bonchev–Trinajstić information content (AvgIpc) is 3.67. The second-order valence-electron chi connectivity index (χ2n) is 14.4. The van der Waals surface area contributed by atoms with Gasteiger partial charge in [-0.2, -0.15) is 0 Å². The van der Waals surface area contributed by atoms with Crippen molar-refractivity contribution in [1.82, 2.24) is 0 Å². The Morgan fingerprint density at radius 3 is 2.02 bits per heavy atom. The molecule has 1 heterocycles. The molecular formula is C49H37NO. The summed E-state index contributed by atoms with van der Waals surface area (Å²) >= 11 is 0. The number of para-hydroxylation sites is 1. The molecule has 51 heavy (non-hydrogen) atoms. The molecule has 2 heteroatoms. The SMILES string of the molecule is CC1(C)c2ccccc2-c2ccc(N(c3ccccc3)c3ccc4oc5c6c(c(-c7ccc(-c8ccccc8)cc7)cc5c4c3)CCC=C6)cc21. The van der Waals surface area contributed by atoms with Crippen molar-refractivity contribution in [2.45, 2.75) is 32.1 Å². The first kappa shape index (κ1) is 29.8. The van der Waals surface area contributed by atoms with E-state index >= 15 is 0 Å². The van der Waals surface area contributed by atoms with E-state index in [1.165, 1.54) is 55.6 Å². The Morgan fingerprint density at radius 1 is 0.529 bits per heavy atom. The van der Waals surface area contributed by atoms with E-state index in [0.29, 0.717) is 0 Å². The molecule has 0 unspecified atom stereocenters. The summed E-state index contributed by atoms with van der Waals surface area (Å²) in [6.07, 6.45) is 6.59. The zero-order valence-electron chi connectivity index (χ0n) is 28.9. The predicted octanol–water partition coefficient (Wildman–Crippen LogP) is 13.7. The molecule has 0 saturated heterocycles. The molecule has 0 radical (unpaired) electrons. The molecule has 0 N–H and O–H groups in total. The van der Waals surface area contributed by atoms with Crippen molar-refractivity contribution in [2.75, 3.05) is 4.90 Å². The van der Waals surface area contributed by atoms with Crippen LogP contribution in [0.1, 0.15) is 42.5 Å². The van der Waals surface area contributed by atoms with Crippen LogP contribution >= 0.6 is 0 Å². The highest BCUT2D eigenvalue weighted by Crippen LogP contribution is 2.51. The van der Waals surface area contributed by atoms with Crippen molar-refractivity contribution >= 4 is 45.1 Å². The number of allylic oxidation sites excluding steroid dienone is 1.